The van der Waals surface area contributed by atoms with Gasteiger partial charge in [0.05, 0.1) is 0 Å². The molecule has 2 aromatic rings. The minimum atomic E-state index is -1.00. The monoisotopic (exact) mass is 343 g/mol. The van der Waals surface area contributed by atoms with Crippen molar-refractivity contribution in [3.05, 3.63) is 65.0 Å². The van der Waals surface area contributed by atoms with Gasteiger partial charge in [0.15, 0.2) is 5.82 Å². The van der Waals surface area contributed by atoms with Crippen LogP contribution < -0.4 is 0 Å². The van der Waals surface area contributed by atoms with E-state index in [-0.39, 0.29) is 0 Å². The van der Waals surface area contributed by atoms with Crippen molar-refractivity contribution in [3.8, 4) is 0 Å². The summed E-state index contributed by atoms with van der Waals surface area (Å²) in [5.74, 6) is -0.957. The molecule has 0 N–H and O–H groups in total. The zero-order valence-corrected chi connectivity index (χ0v) is 15.0. The van der Waals surface area contributed by atoms with Crippen LogP contribution in [-0.4, -0.2) is 4.98 Å². The second kappa shape index (κ2) is 8.55. The van der Waals surface area contributed by atoms with E-state index in [1.807, 2.05) is 0 Å². The van der Waals surface area contributed by atoms with Crippen molar-refractivity contribution < 1.29 is 8.78 Å². The highest BCUT2D eigenvalue weighted by Gasteiger charge is 2.24. The third-order valence-electron chi connectivity index (χ3n) is 5.54. The van der Waals surface area contributed by atoms with Crippen molar-refractivity contribution >= 4 is 0 Å². The summed E-state index contributed by atoms with van der Waals surface area (Å²) in [4.78, 5) is 3.53. The fourth-order valence-electron chi connectivity index (χ4n) is 3.95. The maximum absolute atomic E-state index is 13.4. The van der Waals surface area contributed by atoms with Gasteiger partial charge in [-0.3, -0.25) is 0 Å². The van der Waals surface area contributed by atoms with Gasteiger partial charge in [-0.25, -0.2) is 9.37 Å². The third-order valence-corrected chi connectivity index (χ3v) is 5.54. The van der Waals surface area contributed by atoms with Crippen molar-refractivity contribution in [3.63, 3.8) is 0 Å². The van der Waals surface area contributed by atoms with Crippen LogP contribution in [0.5, 0.6) is 0 Å². The highest BCUT2D eigenvalue weighted by molar-refractivity contribution is 5.27. The molecule has 25 heavy (non-hydrogen) atoms. The quantitative estimate of drug-likeness (QED) is 0.429. The normalized spacial score (nSPS) is 20.6. The first-order valence-corrected chi connectivity index (χ1v) is 9.57. The molecule has 3 heteroatoms. The van der Waals surface area contributed by atoms with Gasteiger partial charge in [-0.1, -0.05) is 44.0 Å². The summed E-state index contributed by atoms with van der Waals surface area (Å²) in [6.45, 7) is 2.23. The summed E-state index contributed by atoms with van der Waals surface area (Å²) >= 11 is 0. The average molecular weight is 343 g/mol. The van der Waals surface area contributed by atoms with E-state index in [0.717, 1.165) is 31.2 Å². The molecule has 134 valence electrons. The van der Waals surface area contributed by atoms with Crippen LogP contribution in [0.15, 0.2) is 36.5 Å². The van der Waals surface area contributed by atoms with Gasteiger partial charge in [-0.2, -0.15) is 4.39 Å². The first-order chi connectivity index (χ1) is 12.2. The van der Waals surface area contributed by atoms with Crippen molar-refractivity contribution in [1.29, 1.82) is 0 Å². The number of pyridine rings is 1. The van der Waals surface area contributed by atoms with Crippen LogP contribution >= 0.6 is 0 Å². The number of benzene rings is 1. The number of halogens is 2. The largest absolute Gasteiger partial charge is 0.248 e. The van der Waals surface area contributed by atoms with Crippen molar-refractivity contribution in [2.45, 2.75) is 70.1 Å². The van der Waals surface area contributed by atoms with E-state index < -0.39 is 11.8 Å². The molecular formula is C22H27F2N. The molecule has 0 atom stereocenters. The molecule has 3 rings (SSSR count). The Morgan fingerprint density at radius 2 is 1.56 bits per heavy atom. The molecule has 0 aliphatic heterocycles. The molecule has 1 aromatic carbocycles. The van der Waals surface area contributed by atoms with Gasteiger partial charge in [0, 0.05) is 6.20 Å². The number of aryl methyl sites for hydroxylation is 1. The van der Waals surface area contributed by atoms with Crippen molar-refractivity contribution in [2.75, 3.05) is 0 Å². The standard InChI is InChI=1S/C22H27F2N/c1-2-3-4-5-16-6-8-17(9-7-16)18-10-12-19(13-11-18)20-14-21(23)22(24)25-15-20/h6-9,14-15,18-19H,2-5,10-13H2,1H3/t18-,19-. The molecule has 0 radical (unpaired) electrons. The topological polar surface area (TPSA) is 12.9 Å². The molecule has 0 amide bonds. The van der Waals surface area contributed by atoms with Crippen LogP contribution in [0.25, 0.3) is 0 Å². The van der Waals surface area contributed by atoms with Crippen LogP contribution in [0.3, 0.4) is 0 Å². The highest BCUT2D eigenvalue weighted by atomic mass is 19.2. The van der Waals surface area contributed by atoms with Gasteiger partial charge in [0.2, 0.25) is 5.95 Å². The van der Waals surface area contributed by atoms with Gasteiger partial charge in [0.25, 0.3) is 0 Å². The van der Waals surface area contributed by atoms with E-state index in [9.17, 15) is 8.78 Å². The number of hydrogen-bond acceptors (Lipinski definition) is 1. The molecule has 1 heterocycles. The Morgan fingerprint density at radius 3 is 2.16 bits per heavy atom. The number of unbranched alkanes of at least 4 members (excludes halogenated alkanes) is 2. The predicted octanol–water partition coefficient (Wildman–Crippen LogP) is 6.53. The van der Waals surface area contributed by atoms with Gasteiger partial charge in [-0.05, 0) is 73.1 Å². The lowest BCUT2D eigenvalue weighted by Gasteiger charge is -2.29. The Balaban J connectivity index is 1.55. The lowest BCUT2D eigenvalue weighted by molar-refractivity contribution is 0.392. The van der Waals surface area contributed by atoms with E-state index >= 15 is 0 Å². The minimum Gasteiger partial charge on any atom is -0.225 e. The van der Waals surface area contributed by atoms with Gasteiger partial charge in [0.1, 0.15) is 0 Å². The van der Waals surface area contributed by atoms with Gasteiger partial charge in [-0.15, -0.1) is 0 Å². The van der Waals surface area contributed by atoms with Gasteiger partial charge >= 0.3 is 0 Å². The Labute approximate surface area is 149 Å². The Morgan fingerprint density at radius 1 is 0.920 bits per heavy atom. The molecule has 0 spiro atoms. The van der Waals surface area contributed by atoms with E-state index in [0.29, 0.717) is 11.8 Å². The minimum absolute atomic E-state index is 0.298. The molecule has 0 bridgehead atoms. The maximum Gasteiger partial charge on any atom is 0.248 e. The molecule has 1 aliphatic rings. The molecular weight excluding hydrogens is 316 g/mol. The van der Waals surface area contributed by atoms with E-state index in [1.165, 1.54) is 49.1 Å². The molecule has 1 aromatic heterocycles. The third kappa shape index (κ3) is 4.65. The first-order valence-electron chi connectivity index (χ1n) is 9.57. The Hall–Kier alpha value is -1.77. The molecule has 1 aliphatic carbocycles. The summed E-state index contributed by atoms with van der Waals surface area (Å²) in [6, 6.07) is 10.4. The number of rotatable bonds is 6. The molecule has 1 fully saturated rings. The first kappa shape index (κ1) is 18.0. The number of aromatic nitrogens is 1. The predicted molar refractivity (Wildman–Crippen MR) is 97.8 cm³/mol. The molecule has 0 saturated heterocycles. The maximum atomic E-state index is 13.4. The summed E-state index contributed by atoms with van der Waals surface area (Å²) < 4.78 is 26.4. The van der Waals surface area contributed by atoms with E-state index in [2.05, 4.69) is 36.2 Å². The number of hydrogen-bond donors (Lipinski definition) is 0. The lowest BCUT2D eigenvalue weighted by Crippen LogP contribution is -2.13. The highest BCUT2D eigenvalue weighted by Crippen LogP contribution is 2.40. The summed E-state index contributed by atoms with van der Waals surface area (Å²) in [5.41, 5.74) is 3.68. The second-order valence-electron chi connectivity index (χ2n) is 7.29. The van der Waals surface area contributed by atoms with Crippen LogP contribution in [0.1, 0.15) is 80.4 Å². The van der Waals surface area contributed by atoms with E-state index in [1.54, 1.807) is 0 Å². The lowest BCUT2D eigenvalue weighted by atomic mass is 9.76. The molecule has 1 nitrogen and oxygen atoms in total. The summed E-state index contributed by atoms with van der Waals surface area (Å²) in [5, 5.41) is 0. The summed E-state index contributed by atoms with van der Waals surface area (Å²) in [7, 11) is 0. The Kier molecular flexibility index (Phi) is 6.17. The molecule has 1 saturated carbocycles. The van der Waals surface area contributed by atoms with Crippen LogP contribution in [0, 0.1) is 11.8 Å². The SMILES string of the molecule is CCCCCc1ccc([C@H]2CC[C@H](c3cnc(F)c(F)c3)CC2)cc1. The fourth-order valence-corrected chi connectivity index (χ4v) is 3.95. The second-order valence-corrected chi connectivity index (χ2v) is 7.29. The smallest absolute Gasteiger partial charge is 0.225 e. The van der Waals surface area contributed by atoms with Crippen molar-refractivity contribution in [1.82, 2.24) is 4.98 Å². The number of nitrogens with zero attached hydrogens (tertiary/aromatic N) is 1. The van der Waals surface area contributed by atoms with Crippen LogP contribution in [-0.2, 0) is 6.42 Å². The van der Waals surface area contributed by atoms with Crippen molar-refractivity contribution in [2.24, 2.45) is 0 Å². The van der Waals surface area contributed by atoms with E-state index in [4.69, 9.17) is 0 Å². The van der Waals surface area contributed by atoms with Crippen LogP contribution in [0.4, 0.5) is 8.78 Å². The van der Waals surface area contributed by atoms with Crippen LogP contribution in [0.2, 0.25) is 0 Å². The fraction of sp³-hybridized carbons (Fsp3) is 0.500. The zero-order chi connectivity index (χ0) is 17.6. The summed E-state index contributed by atoms with van der Waals surface area (Å²) in [6.07, 6.45) is 10.7. The molecule has 0 unspecified atom stereocenters. The zero-order valence-electron chi connectivity index (χ0n) is 15.0. The van der Waals surface area contributed by atoms with Gasteiger partial charge < -0.3 is 0 Å². The Bertz CT molecular complexity index is 673. The average Bonchev–Trinajstić information content (AvgIpc) is 2.65.